The lowest BCUT2D eigenvalue weighted by atomic mass is 10.2. The molecule has 166 valence electrons. The summed E-state index contributed by atoms with van der Waals surface area (Å²) in [6.07, 6.45) is 1.85. The van der Waals surface area contributed by atoms with Gasteiger partial charge in [-0.05, 0) is 60.5 Å². The van der Waals surface area contributed by atoms with Gasteiger partial charge < -0.3 is 14.2 Å². The molecule has 5 aromatic rings. The Morgan fingerprint density at radius 1 is 0.970 bits per heavy atom. The molecular weight excluding hydrogens is 436 g/mol. The molecule has 33 heavy (non-hydrogen) atoms. The van der Waals surface area contributed by atoms with Crippen LogP contribution in [0.5, 0.6) is 17.2 Å². The maximum atomic E-state index is 13.0. The molecule has 3 aromatic carbocycles. The van der Waals surface area contributed by atoms with Crippen LogP contribution in [0.2, 0.25) is 0 Å². The molecule has 0 amide bonds. The second-order valence-corrected chi connectivity index (χ2v) is 8.57. The lowest BCUT2D eigenvalue weighted by Crippen LogP contribution is -2.22. The summed E-state index contributed by atoms with van der Waals surface area (Å²) >= 11 is 1.37. The Labute approximate surface area is 194 Å². The van der Waals surface area contributed by atoms with Crippen molar-refractivity contribution in [1.82, 2.24) is 9.38 Å². The normalized spacial score (nSPS) is 11.9. The number of imidazole rings is 1. The van der Waals surface area contributed by atoms with E-state index in [0.29, 0.717) is 34.2 Å². The van der Waals surface area contributed by atoms with E-state index in [4.69, 9.17) is 14.2 Å². The van der Waals surface area contributed by atoms with E-state index in [2.05, 4.69) is 4.98 Å². The quantitative estimate of drug-likeness (QED) is 0.342. The Morgan fingerprint density at radius 3 is 2.67 bits per heavy atom. The first kappa shape index (κ1) is 21.0. The van der Waals surface area contributed by atoms with Crippen LogP contribution in [0.1, 0.15) is 11.1 Å². The topological polar surface area (TPSA) is 62.1 Å². The lowest BCUT2D eigenvalue weighted by Gasteiger charge is -2.12. The minimum Gasteiger partial charge on any atom is -0.493 e. The summed E-state index contributed by atoms with van der Waals surface area (Å²) in [5, 5.41) is 0. The molecule has 0 radical (unpaired) electrons. The van der Waals surface area contributed by atoms with E-state index in [1.165, 1.54) is 11.3 Å². The summed E-state index contributed by atoms with van der Waals surface area (Å²) in [5.74, 6) is 2.04. The number of para-hydroxylation sites is 2. The predicted octanol–water partition coefficient (Wildman–Crippen LogP) is 4.23. The van der Waals surface area contributed by atoms with Crippen LogP contribution in [0.4, 0.5) is 0 Å². The van der Waals surface area contributed by atoms with Crippen LogP contribution < -0.4 is 24.3 Å². The van der Waals surface area contributed by atoms with Gasteiger partial charge in [0.1, 0.15) is 19.0 Å². The Morgan fingerprint density at radius 2 is 1.82 bits per heavy atom. The fourth-order valence-electron chi connectivity index (χ4n) is 3.67. The number of ether oxygens (including phenoxy) is 3. The van der Waals surface area contributed by atoms with Gasteiger partial charge in [-0.25, -0.2) is 9.38 Å². The van der Waals surface area contributed by atoms with Crippen LogP contribution in [0, 0.1) is 6.92 Å². The van der Waals surface area contributed by atoms with Crippen LogP contribution in [0.25, 0.3) is 22.1 Å². The van der Waals surface area contributed by atoms with Gasteiger partial charge in [0.05, 0.1) is 22.7 Å². The van der Waals surface area contributed by atoms with Gasteiger partial charge in [0.15, 0.2) is 16.5 Å². The number of aryl methyl sites for hydroxylation is 1. The van der Waals surface area contributed by atoms with Crippen molar-refractivity contribution in [2.45, 2.75) is 6.92 Å². The molecule has 0 aliphatic heterocycles. The highest BCUT2D eigenvalue weighted by atomic mass is 32.1. The zero-order valence-corrected chi connectivity index (χ0v) is 19.1. The summed E-state index contributed by atoms with van der Waals surface area (Å²) in [6, 6.07) is 21.1. The molecule has 0 spiro atoms. The summed E-state index contributed by atoms with van der Waals surface area (Å²) < 4.78 is 19.4. The summed E-state index contributed by atoms with van der Waals surface area (Å²) in [7, 11) is 1.60. The fourth-order valence-corrected chi connectivity index (χ4v) is 4.66. The Bertz CT molecular complexity index is 1550. The molecule has 0 saturated carbocycles. The SMILES string of the molecule is COc1cc(C=c2sc3nc4ccccc4n3c2=O)ccc1OCCOc1cccc(C)c1. The van der Waals surface area contributed by atoms with Crippen LogP contribution in [0.15, 0.2) is 71.5 Å². The van der Waals surface area contributed by atoms with Gasteiger partial charge in [-0.15, -0.1) is 0 Å². The van der Waals surface area contributed by atoms with E-state index in [1.54, 1.807) is 11.5 Å². The average molecular weight is 459 g/mol. The molecular formula is C26H22N2O4S. The number of fused-ring (bicyclic) bond motifs is 3. The molecule has 0 bridgehead atoms. The number of hydrogen-bond acceptors (Lipinski definition) is 6. The van der Waals surface area contributed by atoms with Crippen molar-refractivity contribution in [2.24, 2.45) is 0 Å². The molecule has 2 heterocycles. The van der Waals surface area contributed by atoms with Crippen molar-refractivity contribution >= 4 is 33.4 Å². The number of thiazole rings is 1. The summed E-state index contributed by atoms with van der Waals surface area (Å²) in [5.41, 5.74) is 3.57. The van der Waals surface area contributed by atoms with Gasteiger partial charge in [-0.2, -0.15) is 0 Å². The van der Waals surface area contributed by atoms with Gasteiger partial charge in [0, 0.05) is 0 Å². The second-order valence-electron chi connectivity index (χ2n) is 7.56. The molecule has 0 aliphatic rings. The van der Waals surface area contributed by atoms with Gasteiger partial charge in [-0.3, -0.25) is 4.79 Å². The van der Waals surface area contributed by atoms with Crippen molar-refractivity contribution in [3.8, 4) is 17.2 Å². The third-order valence-corrected chi connectivity index (χ3v) is 6.20. The number of hydrogen-bond donors (Lipinski definition) is 0. The molecule has 2 aromatic heterocycles. The Kier molecular flexibility index (Phi) is 5.71. The maximum absolute atomic E-state index is 13.0. The number of nitrogens with zero attached hydrogens (tertiary/aromatic N) is 2. The molecule has 0 saturated heterocycles. The number of methoxy groups -OCH3 is 1. The van der Waals surface area contributed by atoms with Gasteiger partial charge >= 0.3 is 0 Å². The van der Waals surface area contributed by atoms with Gasteiger partial charge in [-0.1, -0.05) is 41.7 Å². The minimum atomic E-state index is -0.0729. The molecule has 6 nitrogen and oxygen atoms in total. The predicted molar refractivity (Wildman–Crippen MR) is 131 cm³/mol. The van der Waals surface area contributed by atoms with E-state index in [-0.39, 0.29) is 5.56 Å². The highest BCUT2D eigenvalue weighted by molar-refractivity contribution is 7.15. The minimum absolute atomic E-state index is 0.0729. The lowest BCUT2D eigenvalue weighted by molar-refractivity contribution is 0.211. The average Bonchev–Trinajstić information content (AvgIpc) is 3.33. The van der Waals surface area contributed by atoms with Crippen molar-refractivity contribution in [2.75, 3.05) is 20.3 Å². The standard InChI is InChI=1S/C26H22N2O4S/c1-17-6-5-7-19(14-17)31-12-13-32-22-11-10-18(15-23(22)30-2)16-24-25(29)28-21-9-4-3-8-20(21)27-26(28)33-24/h3-11,14-16H,12-13H2,1-2H3. The van der Waals surface area contributed by atoms with Crippen LogP contribution in [0.3, 0.4) is 0 Å². The first-order valence-corrected chi connectivity index (χ1v) is 11.4. The van der Waals surface area contributed by atoms with E-state index >= 15 is 0 Å². The molecule has 0 fully saturated rings. The highest BCUT2D eigenvalue weighted by Gasteiger charge is 2.11. The first-order valence-electron chi connectivity index (χ1n) is 10.5. The van der Waals surface area contributed by atoms with Crippen molar-refractivity contribution in [1.29, 1.82) is 0 Å². The Hall–Kier alpha value is -3.84. The summed E-state index contributed by atoms with van der Waals surface area (Å²) in [6.45, 7) is 2.83. The van der Waals surface area contributed by atoms with Crippen molar-refractivity contribution in [3.63, 3.8) is 0 Å². The zero-order chi connectivity index (χ0) is 22.8. The van der Waals surface area contributed by atoms with Crippen LogP contribution >= 0.6 is 11.3 Å². The van der Waals surface area contributed by atoms with Crippen LogP contribution in [-0.4, -0.2) is 29.7 Å². The molecule has 5 rings (SSSR count). The van der Waals surface area contributed by atoms with E-state index in [0.717, 1.165) is 27.9 Å². The van der Waals surface area contributed by atoms with Crippen LogP contribution in [-0.2, 0) is 0 Å². The van der Waals surface area contributed by atoms with Gasteiger partial charge in [0.2, 0.25) is 0 Å². The molecule has 0 N–H and O–H groups in total. The summed E-state index contributed by atoms with van der Waals surface area (Å²) in [4.78, 5) is 18.2. The zero-order valence-electron chi connectivity index (χ0n) is 18.3. The number of aromatic nitrogens is 2. The highest BCUT2D eigenvalue weighted by Crippen LogP contribution is 2.28. The smallest absolute Gasteiger partial charge is 0.274 e. The monoisotopic (exact) mass is 458 g/mol. The molecule has 0 atom stereocenters. The maximum Gasteiger partial charge on any atom is 0.274 e. The first-order chi connectivity index (χ1) is 16.1. The fraction of sp³-hybridized carbons (Fsp3) is 0.154. The van der Waals surface area contributed by atoms with E-state index in [9.17, 15) is 4.79 Å². The number of rotatable bonds is 7. The molecule has 0 aliphatic carbocycles. The largest absolute Gasteiger partial charge is 0.493 e. The second kappa shape index (κ2) is 8.96. The van der Waals surface area contributed by atoms with Gasteiger partial charge in [0.25, 0.3) is 5.56 Å². The molecule has 7 heteroatoms. The van der Waals surface area contributed by atoms with Crippen molar-refractivity contribution < 1.29 is 14.2 Å². The molecule has 0 unspecified atom stereocenters. The third kappa shape index (κ3) is 4.27. The third-order valence-electron chi connectivity index (χ3n) is 5.23. The van der Waals surface area contributed by atoms with E-state index < -0.39 is 0 Å². The number of benzene rings is 3. The Balaban J connectivity index is 1.34. The van der Waals surface area contributed by atoms with Crippen molar-refractivity contribution in [3.05, 3.63) is 92.7 Å². The van der Waals surface area contributed by atoms with E-state index in [1.807, 2.05) is 79.7 Å².